The Morgan fingerprint density at radius 2 is 2.00 bits per heavy atom. The minimum absolute atomic E-state index is 0.352. The molecule has 170 valence electrons. The van der Waals surface area contributed by atoms with Crippen LogP contribution in [-0.2, 0) is 0 Å². The number of allylic oxidation sites excluding steroid dienone is 7. The molecule has 0 aromatic rings. The van der Waals surface area contributed by atoms with E-state index < -0.39 is 5.41 Å². The van der Waals surface area contributed by atoms with Gasteiger partial charge in [-0.15, -0.1) is 5.11 Å². The first-order valence-electron chi connectivity index (χ1n) is 11.0. The van der Waals surface area contributed by atoms with Gasteiger partial charge >= 0.3 is 0 Å². The Balaban J connectivity index is 2.09. The molecular formula is C25H35N7. The van der Waals surface area contributed by atoms with Crippen molar-refractivity contribution in [2.75, 3.05) is 20.6 Å². The number of hydrogen-bond donors (Lipinski definition) is 3. The van der Waals surface area contributed by atoms with E-state index in [0.29, 0.717) is 18.0 Å². The second kappa shape index (κ2) is 13.1. The van der Waals surface area contributed by atoms with Crippen molar-refractivity contribution >= 4 is 11.7 Å². The van der Waals surface area contributed by atoms with E-state index in [2.05, 4.69) is 73.9 Å². The van der Waals surface area contributed by atoms with Gasteiger partial charge in [0.1, 0.15) is 11.3 Å². The first-order chi connectivity index (χ1) is 15.5. The molecular weight excluding hydrogens is 398 g/mol. The number of azo groups is 1. The maximum absolute atomic E-state index is 6.38. The van der Waals surface area contributed by atoms with E-state index in [-0.39, 0.29) is 0 Å². The Hall–Kier alpha value is -3.40. The van der Waals surface area contributed by atoms with Gasteiger partial charge in [0.05, 0.1) is 5.70 Å². The SMILES string of the molecule is CN=NC(=NN)C1(C)C#C/C(N)=C(/CC(=NC)NCCC2=CC/C=C\CC=C2)CCC=C1. The minimum Gasteiger partial charge on any atom is -0.392 e. The van der Waals surface area contributed by atoms with Gasteiger partial charge < -0.3 is 16.9 Å². The number of rotatable bonds is 6. The standard InChI is InChI=1S/C25H35N7/c1-25(24(31-27)32-29-3)16-10-9-13-21(22(26)14-17-25)19-23(28-2)30-18-15-20-11-7-5-4-6-8-12-20/h4-5,8,10-12,16H,6-7,9,13,15,18-19,26-27H2,1-3H3,(H,28,30)/b5-4-,12-8?,16-10?,20-11?,22-21-,31-24?,32-29?. The van der Waals surface area contributed by atoms with Gasteiger partial charge in [-0.05, 0) is 50.5 Å². The molecule has 2 rings (SSSR count). The van der Waals surface area contributed by atoms with Crippen LogP contribution in [0.15, 0.2) is 79.7 Å². The molecule has 1 atom stereocenters. The number of hydrogen-bond acceptors (Lipinski definition) is 5. The number of nitrogens with two attached hydrogens (primary N) is 2. The molecule has 0 aliphatic heterocycles. The summed E-state index contributed by atoms with van der Waals surface area (Å²) in [5.74, 6) is 13.1. The summed E-state index contributed by atoms with van der Waals surface area (Å²) in [5, 5.41) is 15.1. The number of nitrogens with zero attached hydrogens (tertiary/aromatic N) is 4. The highest BCUT2D eigenvalue weighted by Crippen LogP contribution is 2.24. The molecule has 1 unspecified atom stereocenters. The van der Waals surface area contributed by atoms with Gasteiger partial charge in [0, 0.05) is 27.1 Å². The van der Waals surface area contributed by atoms with E-state index in [9.17, 15) is 0 Å². The third-order valence-corrected chi connectivity index (χ3v) is 5.36. The number of aliphatic imine (C=N–C) groups is 1. The summed E-state index contributed by atoms with van der Waals surface area (Å²) in [5.41, 5.74) is 8.60. The maximum Gasteiger partial charge on any atom is 0.191 e. The Morgan fingerprint density at radius 3 is 2.75 bits per heavy atom. The van der Waals surface area contributed by atoms with Gasteiger partial charge in [0.25, 0.3) is 0 Å². The van der Waals surface area contributed by atoms with E-state index in [1.54, 1.807) is 14.1 Å². The zero-order chi connectivity index (χ0) is 23.2. The van der Waals surface area contributed by atoms with Gasteiger partial charge in [-0.1, -0.05) is 54.0 Å². The Bertz CT molecular complexity index is 949. The van der Waals surface area contributed by atoms with Crippen molar-refractivity contribution in [1.29, 1.82) is 0 Å². The lowest BCUT2D eigenvalue weighted by Gasteiger charge is -2.16. The summed E-state index contributed by atoms with van der Waals surface area (Å²) < 4.78 is 0. The summed E-state index contributed by atoms with van der Waals surface area (Å²) in [4.78, 5) is 4.44. The molecule has 0 bridgehead atoms. The molecule has 0 fully saturated rings. The van der Waals surface area contributed by atoms with Gasteiger partial charge in [-0.2, -0.15) is 10.2 Å². The molecule has 0 aromatic heterocycles. The molecule has 2 aliphatic rings. The molecule has 5 N–H and O–H groups in total. The second-order valence-electron chi connectivity index (χ2n) is 7.81. The topological polar surface area (TPSA) is 114 Å². The maximum atomic E-state index is 6.38. The highest BCUT2D eigenvalue weighted by Gasteiger charge is 2.27. The predicted molar refractivity (Wildman–Crippen MR) is 134 cm³/mol. The fourth-order valence-electron chi connectivity index (χ4n) is 3.45. The largest absolute Gasteiger partial charge is 0.392 e. The summed E-state index contributed by atoms with van der Waals surface area (Å²) in [7, 11) is 3.38. The van der Waals surface area contributed by atoms with E-state index in [0.717, 1.165) is 50.1 Å². The van der Waals surface area contributed by atoms with Crippen LogP contribution in [0, 0.1) is 17.3 Å². The van der Waals surface area contributed by atoms with Crippen LogP contribution < -0.4 is 16.9 Å². The van der Waals surface area contributed by atoms with Gasteiger partial charge in [0.2, 0.25) is 0 Å². The molecule has 32 heavy (non-hydrogen) atoms. The molecule has 0 amide bonds. The molecule has 0 aromatic carbocycles. The third-order valence-electron chi connectivity index (χ3n) is 5.36. The van der Waals surface area contributed by atoms with Crippen LogP contribution in [0.3, 0.4) is 0 Å². The molecule has 2 aliphatic carbocycles. The highest BCUT2D eigenvalue weighted by atomic mass is 15.2. The van der Waals surface area contributed by atoms with E-state index in [1.165, 1.54) is 5.57 Å². The Morgan fingerprint density at radius 1 is 1.19 bits per heavy atom. The van der Waals surface area contributed by atoms with Crippen molar-refractivity contribution in [3.63, 3.8) is 0 Å². The monoisotopic (exact) mass is 433 g/mol. The minimum atomic E-state index is -0.748. The predicted octanol–water partition coefficient (Wildman–Crippen LogP) is 4.14. The van der Waals surface area contributed by atoms with Crippen molar-refractivity contribution in [1.82, 2.24) is 5.32 Å². The Kier molecular flexibility index (Phi) is 10.2. The average Bonchev–Trinajstić information content (AvgIpc) is 2.83. The van der Waals surface area contributed by atoms with Crippen LogP contribution in [0.25, 0.3) is 0 Å². The van der Waals surface area contributed by atoms with Crippen molar-refractivity contribution in [2.24, 2.45) is 37.3 Å². The van der Waals surface area contributed by atoms with Gasteiger partial charge in [-0.3, -0.25) is 4.99 Å². The van der Waals surface area contributed by atoms with Gasteiger partial charge in [-0.25, -0.2) is 0 Å². The van der Waals surface area contributed by atoms with Crippen LogP contribution >= 0.6 is 0 Å². The summed E-state index contributed by atoms with van der Waals surface area (Å²) >= 11 is 0. The molecule has 0 saturated heterocycles. The molecule has 7 nitrogen and oxygen atoms in total. The molecule has 0 saturated carbocycles. The van der Waals surface area contributed by atoms with Crippen molar-refractivity contribution in [2.45, 2.75) is 45.4 Å². The fraction of sp³-hybridized carbons (Fsp3) is 0.440. The lowest BCUT2D eigenvalue weighted by Crippen LogP contribution is -2.26. The Labute approximate surface area is 191 Å². The summed E-state index contributed by atoms with van der Waals surface area (Å²) in [6.45, 7) is 2.73. The van der Waals surface area contributed by atoms with Crippen molar-refractivity contribution in [3.8, 4) is 11.8 Å². The van der Waals surface area contributed by atoms with Crippen LogP contribution in [0.1, 0.15) is 45.4 Å². The van der Waals surface area contributed by atoms with E-state index >= 15 is 0 Å². The normalized spacial score (nSPS) is 25.7. The van der Waals surface area contributed by atoms with Crippen molar-refractivity contribution < 1.29 is 0 Å². The van der Waals surface area contributed by atoms with E-state index in [4.69, 9.17) is 11.6 Å². The van der Waals surface area contributed by atoms with Crippen molar-refractivity contribution in [3.05, 3.63) is 59.4 Å². The lowest BCUT2D eigenvalue weighted by atomic mass is 9.89. The quantitative estimate of drug-likeness (QED) is 0.111. The molecule has 7 heteroatoms. The summed E-state index contributed by atoms with van der Waals surface area (Å²) in [6.07, 6.45) is 20.3. The zero-order valence-electron chi connectivity index (χ0n) is 19.4. The smallest absolute Gasteiger partial charge is 0.191 e. The van der Waals surface area contributed by atoms with Gasteiger partial charge in [0.15, 0.2) is 5.84 Å². The fourth-order valence-corrected chi connectivity index (χ4v) is 3.45. The van der Waals surface area contributed by atoms with Crippen LogP contribution in [0.5, 0.6) is 0 Å². The average molecular weight is 434 g/mol. The van der Waals surface area contributed by atoms with Crippen LogP contribution in [0.4, 0.5) is 0 Å². The molecule has 0 radical (unpaired) electrons. The number of amidine groups is 2. The van der Waals surface area contributed by atoms with Crippen LogP contribution in [-0.4, -0.2) is 32.3 Å². The third kappa shape index (κ3) is 7.69. The van der Waals surface area contributed by atoms with E-state index in [1.807, 2.05) is 13.0 Å². The van der Waals surface area contributed by atoms with Crippen LogP contribution in [0.2, 0.25) is 0 Å². The first-order valence-corrected chi connectivity index (χ1v) is 11.0. The second-order valence-corrected chi connectivity index (χ2v) is 7.81. The first kappa shape index (κ1) is 24.9. The highest BCUT2D eigenvalue weighted by molar-refractivity contribution is 5.93. The summed E-state index contributed by atoms with van der Waals surface area (Å²) in [6, 6.07) is 0. The molecule has 0 spiro atoms. The zero-order valence-corrected chi connectivity index (χ0v) is 19.4. The number of nitrogens with one attached hydrogen (secondary N) is 1. The molecule has 0 heterocycles. The number of hydrazone groups is 1. The lowest BCUT2D eigenvalue weighted by molar-refractivity contribution is 0.771.